The predicted octanol–water partition coefficient (Wildman–Crippen LogP) is 5.03. The van der Waals surface area contributed by atoms with Crippen LogP contribution in [0.1, 0.15) is 29.7 Å². The van der Waals surface area contributed by atoms with Gasteiger partial charge in [0.1, 0.15) is 17.3 Å². The Bertz CT molecular complexity index is 1230. The van der Waals surface area contributed by atoms with Crippen LogP contribution in [-0.2, 0) is 9.59 Å². The van der Waals surface area contributed by atoms with E-state index in [-0.39, 0.29) is 11.3 Å². The highest BCUT2D eigenvalue weighted by Crippen LogP contribution is 2.43. The van der Waals surface area contributed by atoms with Crippen molar-refractivity contribution in [3.05, 3.63) is 95.1 Å². The fourth-order valence-corrected chi connectivity index (χ4v) is 4.07. The van der Waals surface area contributed by atoms with E-state index in [9.17, 15) is 14.7 Å². The van der Waals surface area contributed by atoms with Crippen LogP contribution in [0.15, 0.2) is 78.4 Å². The zero-order valence-corrected chi connectivity index (χ0v) is 18.7. The highest BCUT2D eigenvalue weighted by atomic mass is 16.5. The molecule has 1 saturated heterocycles. The third kappa shape index (κ3) is 4.07. The Morgan fingerprint density at radius 1 is 0.970 bits per heavy atom. The van der Waals surface area contributed by atoms with Crippen LogP contribution < -0.4 is 14.4 Å². The molecular formula is C27H25NO5. The van der Waals surface area contributed by atoms with Gasteiger partial charge in [-0.05, 0) is 55.3 Å². The number of anilines is 1. The number of ether oxygens (including phenoxy) is 2. The van der Waals surface area contributed by atoms with Gasteiger partial charge in [-0.25, -0.2) is 0 Å². The topological polar surface area (TPSA) is 76.1 Å². The van der Waals surface area contributed by atoms with Gasteiger partial charge in [0.2, 0.25) is 0 Å². The number of ketones is 1. The first-order valence-electron chi connectivity index (χ1n) is 10.7. The number of benzene rings is 3. The van der Waals surface area contributed by atoms with Crippen LogP contribution in [0.25, 0.3) is 5.76 Å². The van der Waals surface area contributed by atoms with Gasteiger partial charge < -0.3 is 14.6 Å². The van der Waals surface area contributed by atoms with E-state index in [0.717, 1.165) is 5.56 Å². The van der Waals surface area contributed by atoms with Crippen molar-refractivity contribution < 1.29 is 24.2 Å². The lowest BCUT2D eigenvalue weighted by Gasteiger charge is -2.27. The van der Waals surface area contributed by atoms with Crippen molar-refractivity contribution in [2.24, 2.45) is 0 Å². The number of Topliss-reactive ketones (excluding diaryl/α,β-unsaturated/α-hetero) is 1. The Kier molecular flexibility index (Phi) is 6.18. The summed E-state index contributed by atoms with van der Waals surface area (Å²) >= 11 is 0. The van der Waals surface area contributed by atoms with Gasteiger partial charge in [0.05, 0.1) is 25.3 Å². The van der Waals surface area contributed by atoms with Crippen molar-refractivity contribution in [1.82, 2.24) is 0 Å². The number of para-hydroxylation sites is 1. The lowest BCUT2D eigenvalue weighted by Crippen LogP contribution is -2.30. The van der Waals surface area contributed by atoms with Gasteiger partial charge in [-0.2, -0.15) is 0 Å². The van der Waals surface area contributed by atoms with Crippen molar-refractivity contribution in [3.8, 4) is 11.5 Å². The molecule has 0 bridgehead atoms. The summed E-state index contributed by atoms with van der Waals surface area (Å²) in [5.41, 5.74) is 2.57. The minimum absolute atomic E-state index is 0.0297. The van der Waals surface area contributed by atoms with E-state index in [1.165, 1.54) is 4.90 Å². The van der Waals surface area contributed by atoms with Gasteiger partial charge >= 0.3 is 0 Å². The van der Waals surface area contributed by atoms with E-state index in [2.05, 4.69) is 0 Å². The molecular weight excluding hydrogens is 418 g/mol. The smallest absolute Gasteiger partial charge is 0.300 e. The monoisotopic (exact) mass is 443 g/mol. The first-order valence-corrected chi connectivity index (χ1v) is 10.7. The van der Waals surface area contributed by atoms with Gasteiger partial charge in [-0.15, -0.1) is 0 Å². The Morgan fingerprint density at radius 3 is 2.36 bits per heavy atom. The Balaban J connectivity index is 1.93. The van der Waals surface area contributed by atoms with E-state index < -0.39 is 17.7 Å². The van der Waals surface area contributed by atoms with Crippen LogP contribution in [-0.4, -0.2) is 30.5 Å². The molecule has 4 rings (SSSR count). The molecule has 168 valence electrons. The molecule has 1 fully saturated rings. The van der Waals surface area contributed by atoms with Gasteiger partial charge in [0.15, 0.2) is 0 Å². The summed E-state index contributed by atoms with van der Waals surface area (Å²) in [5, 5.41) is 11.3. The van der Waals surface area contributed by atoms with E-state index >= 15 is 0 Å². The lowest BCUT2D eigenvalue weighted by atomic mass is 9.94. The number of rotatable bonds is 6. The summed E-state index contributed by atoms with van der Waals surface area (Å²) in [5.74, 6) is -0.454. The molecule has 1 aliphatic heterocycles. The highest BCUT2D eigenvalue weighted by molar-refractivity contribution is 6.51. The molecule has 1 unspecified atom stereocenters. The van der Waals surface area contributed by atoms with Crippen LogP contribution in [0.3, 0.4) is 0 Å². The number of carbonyl (C=O) groups is 2. The number of hydrogen-bond donors (Lipinski definition) is 1. The number of aryl methyl sites for hydroxylation is 1. The summed E-state index contributed by atoms with van der Waals surface area (Å²) in [6.07, 6.45) is 0. The van der Waals surface area contributed by atoms with Crippen molar-refractivity contribution in [1.29, 1.82) is 0 Å². The number of hydrogen-bond acceptors (Lipinski definition) is 5. The number of amides is 1. The minimum atomic E-state index is -0.798. The number of nitrogens with zero attached hydrogens (tertiary/aromatic N) is 1. The molecule has 1 N–H and O–H groups in total. The van der Waals surface area contributed by atoms with Crippen molar-refractivity contribution in [2.75, 3.05) is 18.6 Å². The quantitative estimate of drug-likeness (QED) is 0.329. The second-order valence-corrected chi connectivity index (χ2v) is 7.69. The highest BCUT2D eigenvalue weighted by Gasteiger charge is 2.47. The standard InChI is InChI=1S/C27H25NO5/c1-4-33-21-10-7-9-19(16-21)25(29)23-24(18-12-14-20(32-3)15-13-18)28(27(31)26(23)30)22-11-6-5-8-17(22)2/h5-16,24,29H,4H2,1-3H3/b25-23-. The molecule has 33 heavy (non-hydrogen) atoms. The fourth-order valence-electron chi connectivity index (χ4n) is 4.07. The Morgan fingerprint density at radius 2 is 1.70 bits per heavy atom. The van der Waals surface area contributed by atoms with Crippen LogP contribution in [0, 0.1) is 6.92 Å². The van der Waals surface area contributed by atoms with Gasteiger partial charge in [0.25, 0.3) is 11.7 Å². The van der Waals surface area contributed by atoms with Crippen LogP contribution in [0.4, 0.5) is 5.69 Å². The molecule has 0 aliphatic carbocycles. The third-order valence-electron chi connectivity index (χ3n) is 5.67. The predicted molar refractivity (Wildman–Crippen MR) is 127 cm³/mol. The molecule has 1 atom stereocenters. The first kappa shape index (κ1) is 22.1. The Labute approximate surface area is 192 Å². The van der Waals surface area contributed by atoms with Gasteiger partial charge in [0, 0.05) is 11.3 Å². The number of carbonyl (C=O) groups excluding carboxylic acids is 2. The maximum atomic E-state index is 13.3. The molecule has 1 amide bonds. The summed E-state index contributed by atoms with van der Waals surface area (Å²) in [4.78, 5) is 28.0. The number of methoxy groups -OCH3 is 1. The summed E-state index contributed by atoms with van der Waals surface area (Å²) in [6.45, 7) is 4.21. The second kappa shape index (κ2) is 9.20. The molecule has 1 heterocycles. The summed E-state index contributed by atoms with van der Waals surface area (Å²) < 4.78 is 10.8. The average molecular weight is 443 g/mol. The van der Waals surface area contributed by atoms with Crippen LogP contribution >= 0.6 is 0 Å². The third-order valence-corrected chi connectivity index (χ3v) is 5.67. The Hall–Kier alpha value is -4.06. The molecule has 3 aromatic rings. The zero-order chi connectivity index (χ0) is 23.5. The average Bonchev–Trinajstić information content (AvgIpc) is 3.10. The van der Waals surface area contributed by atoms with Gasteiger partial charge in [-0.1, -0.05) is 42.5 Å². The van der Waals surface area contributed by atoms with Gasteiger partial charge in [-0.3, -0.25) is 14.5 Å². The molecule has 1 aliphatic rings. The molecule has 0 saturated carbocycles. The lowest BCUT2D eigenvalue weighted by molar-refractivity contribution is -0.132. The van der Waals surface area contributed by atoms with E-state index in [1.807, 2.05) is 32.0 Å². The minimum Gasteiger partial charge on any atom is -0.507 e. The second-order valence-electron chi connectivity index (χ2n) is 7.69. The van der Waals surface area contributed by atoms with Crippen molar-refractivity contribution in [3.63, 3.8) is 0 Å². The molecule has 0 spiro atoms. The molecule has 0 radical (unpaired) electrons. The largest absolute Gasteiger partial charge is 0.507 e. The summed E-state index contributed by atoms with van der Waals surface area (Å²) in [6, 6.07) is 20.5. The maximum Gasteiger partial charge on any atom is 0.300 e. The molecule has 0 aromatic heterocycles. The number of aliphatic hydroxyl groups excluding tert-OH is 1. The zero-order valence-electron chi connectivity index (χ0n) is 18.7. The van der Waals surface area contributed by atoms with Crippen molar-refractivity contribution >= 4 is 23.1 Å². The summed E-state index contributed by atoms with van der Waals surface area (Å²) in [7, 11) is 1.57. The fraction of sp³-hybridized carbons (Fsp3) is 0.185. The van der Waals surface area contributed by atoms with E-state index in [0.29, 0.717) is 34.9 Å². The van der Waals surface area contributed by atoms with Crippen LogP contribution in [0.2, 0.25) is 0 Å². The van der Waals surface area contributed by atoms with E-state index in [4.69, 9.17) is 9.47 Å². The SMILES string of the molecule is CCOc1cccc(/C(O)=C2/C(=O)C(=O)N(c3ccccc3C)C2c2ccc(OC)cc2)c1. The maximum absolute atomic E-state index is 13.3. The number of aliphatic hydroxyl groups is 1. The normalized spacial score (nSPS) is 17.3. The van der Waals surface area contributed by atoms with E-state index in [1.54, 1.807) is 61.7 Å². The molecule has 6 nitrogen and oxygen atoms in total. The van der Waals surface area contributed by atoms with Crippen molar-refractivity contribution in [2.45, 2.75) is 19.9 Å². The molecule has 3 aromatic carbocycles. The molecule has 6 heteroatoms. The first-order chi connectivity index (χ1) is 16.0. The van der Waals surface area contributed by atoms with Crippen LogP contribution in [0.5, 0.6) is 11.5 Å².